The fourth-order valence-electron chi connectivity index (χ4n) is 1.63. The molecule has 0 aliphatic heterocycles. The SMILES string of the molecule is O=C(Nc1ccc(Cl)cc1C#CCCO)c1cccnc1. The van der Waals surface area contributed by atoms with Crippen LogP contribution in [-0.2, 0) is 0 Å². The third-order valence-corrected chi connectivity index (χ3v) is 2.85. The van der Waals surface area contributed by atoms with Gasteiger partial charge in [0.2, 0.25) is 0 Å². The topological polar surface area (TPSA) is 62.2 Å². The summed E-state index contributed by atoms with van der Waals surface area (Å²) in [7, 11) is 0. The number of aliphatic hydroxyl groups excluding tert-OH is 1. The number of nitrogens with one attached hydrogen (secondary N) is 1. The number of carbonyl (C=O) groups is 1. The Kier molecular flexibility index (Phi) is 5.33. The Morgan fingerprint density at radius 1 is 1.38 bits per heavy atom. The van der Waals surface area contributed by atoms with Crippen LogP contribution in [0.4, 0.5) is 5.69 Å². The van der Waals surface area contributed by atoms with Gasteiger partial charge in [0.1, 0.15) is 0 Å². The molecule has 5 heteroatoms. The minimum atomic E-state index is -0.268. The molecule has 0 spiro atoms. The predicted octanol–water partition coefficient (Wildman–Crippen LogP) is 2.72. The van der Waals surface area contributed by atoms with Crippen molar-refractivity contribution in [2.24, 2.45) is 0 Å². The van der Waals surface area contributed by atoms with Gasteiger partial charge in [-0.1, -0.05) is 23.4 Å². The van der Waals surface area contributed by atoms with Gasteiger partial charge >= 0.3 is 0 Å². The van der Waals surface area contributed by atoms with Crippen molar-refractivity contribution in [3.8, 4) is 11.8 Å². The van der Waals surface area contributed by atoms with Crippen molar-refractivity contribution < 1.29 is 9.90 Å². The normalized spacial score (nSPS) is 9.62. The van der Waals surface area contributed by atoms with Crippen LogP contribution in [0.15, 0.2) is 42.7 Å². The number of anilines is 1. The third kappa shape index (κ3) is 4.32. The molecule has 0 saturated heterocycles. The van der Waals surface area contributed by atoms with Crippen LogP contribution in [0.5, 0.6) is 0 Å². The molecule has 0 bridgehead atoms. The van der Waals surface area contributed by atoms with Crippen molar-refractivity contribution in [2.75, 3.05) is 11.9 Å². The molecule has 2 aromatic rings. The Labute approximate surface area is 127 Å². The molecular weight excluding hydrogens is 288 g/mol. The highest BCUT2D eigenvalue weighted by atomic mass is 35.5. The van der Waals surface area contributed by atoms with E-state index in [1.54, 1.807) is 36.5 Å². The quantitative estimate of drug-likeness (QED) is 0.857. The monoisotopic (exact) mass is 300 g/mol. The van der Waals surface area contributed by atoms with E-state index in [2.05, 4.69) is 22.1 Å². The van der Waals surface area contributed by atoms with Crippen molar-refractivity contribution in [3.05, 3.63) is 58.9 Å². The number of halogens is 1. The molecule has 106 valence electrons. The first kappa shape index (κ1) is 15.0. The number of rotatable bonds is 3. The number of hydrogen-bond acceptors (Lipinski definition) is 3. The van der Waals surface area contributed by atoms with E-state index in [4.69, 9.17) is 16.7 Å². The van der Waals surface area contributed by atoms with Crippen LogP contribution < -0.4 is 5.32 Å². The number of aliphatic hydroxyl groups is 1. The molecule has 0 radical (unpaired) electrons. The molecule has 0 aliphatic carbocycles. The standard InChI is InChI=1S/C16H13ClN2O2/c17-14-6-7-15(12(10-14)4-1-2-9-20)19-16(21)13-5-3-8-18-11-13/h3,5-8,10-11,20H,2,9H2,(H,19,21). The number of benzene rings is 1. The molecule has 0 saturated carbocycles. The van der Waals surface area contributed by atoms with E-state index in [1.165, 1.54) is 6.20 Å². The average Bonchev–Trinajstić information content (AvgIpc) is 2.51. The van der Waals surface area contributed by atoms with E-state index in [-0.39, 0.29) is 12.5 Å². The summed E-state index contributed by atoms with van der Waals surface area (Å²) in [6, 6.07) is 8.41. The van der Waals surface area contributed by atoms with E-state index >= 15 is 0 Å². The first-order valence-corrected chi connectivity index (χ1v) is 6.69. The van der Waals surface area contributed by atoms with E-state index in [0.717, 1.165) is 0 Å². The highest BCUT2D eigenvalue weighted by Gasteiger charge is 2.08. The molecule has 1 aromatic heterocycles. The molecule has 0 atom stereocenters. The number of carbonyl (C=O) groups excluding carboxylic acids is 1. The van der Waals surface area contributed by atoms with Crippen LogP contribution in [0.3, 0.4) is 0 Å². The van der Waals surface area contributed by atoms with E-state index < -0.39 is 0 Å². The Hall–Kier alpha value is -2.35. The molecule has 0 aliphatic rings. The summed E-state index contributed by atoms with van der Waals surface area (Å²) in [6.45, 7) is -0.00899. The Bertz CT molecular complexity index is 690. The Morgan fingerprint density at radius 3 is 2.95 bits per heavy atom. The number of aromatic nitrogens is 1. The molecule has 1 amide bonds. The van der Waals surface area contributed by atoms with E-state index in [9.17, 15) is 4.79 Å². The van der Waals surface area contributed by atoms with Gasteiger partial charge in [-0.05, 0) is 30.3 Å². The highest BCUT2D eigenvalue weighted by Crippen LogP contribution is 2.20. The number of nitrogens with zero attached hydrogens (tertiary/aromatic N) is 1. The number of pyridine rings is 1. The summed E-state index contributed by atoms with van der Waals surface area (Å²) in [5.41, 5.74) is 1.63. The largest absolute Gasteiger partial charge is 0.395 e. The van der Waals surface area contributed by atoms with Gasteiger partial charge < -0.3 is 10.4 Å². The third-order valence-electron chi connectivity index (χ3n) is 2.61. The van der Waals surface area contributed by atoms with Crippen molar-refractivity contribution >= 4 is 23.2 Å². The minimum absolute atomic E-state index is 0.00899. The summed E-state index contributed by atoms with van der Waals surface area (Å²) in [5, 5.41) is 12.1. The van der Waals surface area contributed by atoms with Gasteiger partial charge in [-0.3, -0.25) is 9.78 Å². The number of hydrogen-bond donors (Lipinski definition) is 2. The molecular formula is C16H13ClN2O2. The smallest absolute Gasteiger partial charge is 0.257 e. The molecule has 1 heterocycles. The molecule has 2 rings (SSSR count). The van der Waals surface area contributed by atoms with Gasteiger partial charge in [-0.25, -0.2) is 0 Å². The van der Waals surface area contributed by atoms with Gasteiger partial charge in [0.05, 0.1) is 17.9 Å². The van der Waals surface area contributed by atoms with Crippen molar-refractivity contribution in [1.29, 1.82) is 0 Å². The maximum absolute atomic E-state index is 12.1. The van der Waals surface area contributed by atoms with E-state index in [1.807, 2.05) is 0 Å². The lowest BCUT2D eigenvalue weighted by molar-refractivity contribution is 0.102. The average molecular weight is 301 g/mol. The second-order valence-electron chi connectivity index (χ2n) is 4.16. The first-order chi connectivity index (χ1) is 10.2. The highest BCUT2D eigenvalue weighted by molar-refractivity contribution is 6.30. The maximum Gasteiger partial charge on any atom is 0.257 e. The fourth-order valence-corrected chi connectivity index (χ4v) is 1.81. The minimum Gasteiger partial charge on any atom is -0.395 e. The van der Waals surface area contributed by atoms with Gasteiger partial charge in [0.25, 0.3) is 5.91 Å². The van der Waals surface area contributed by atoms with Gasteiger partial charge in [0, 0.05) is 29.4 Å². The van der Waals surface area contributed by atoms with Gasteiger partial charge in [-0.2, -0.15) is 0 Å². The summed E-state index contributed by atoms with van der Waals surface area (Å²) in [5.74, 6) is 5.43. The van der Waals surface area contributed by atoms with Crippen molar-refractivity contribution in [2.45, 2.75) is 6.42 Å². The van der Waals surface area contributed by atoms with Crippen molar-refractivity contribution in [1.82, 2.24) is 4.98 Å². The second-order valence-corrected chi connectivity index (χ2v) is 4.60. The second kappa shape index (κ2) is 7.44. The zero-order valence-electron chi connectivity index (χ0n) is 11.1. The van der Waals surface area contributed by atoms with Gasteiger partial charge in [-0.15, -0.1) is 0 Å². The van der Waals surface area contributed by atoms with Crippen molar-refractivity contribution in [3.63, 3.8) is 0 Å². The lowest BCUT2D eigenvalue weighted by atomic mass is 10.1. The van der Waals surface area contributed by atoms with Crippen LogP contribution in [0, 0.1) is 11.8 Å². The molecule has 0 fully saturated rings. The summed E-state index contributed by atoms with van der Waals surface area (Å²) < 4.78 is 0. The van der Waals surface area contributed by atoms with E-state index in [0.29, 0.717) is 28.3 Å². The lowest BCUT2D eigenvalue weighted by Crippen LogP contribution is -2.13. The predicted molar refractivity (Wildman–Crippen MR) is 82.2 cm³/mol. The Balaban J connectivity index is 2.24. The molecule has 4 nitrogen and oxygen atoms in total. The Morgan fingerprint density at radius 2 is 2.24 bits per heavy atom. The van der Waals surface area contributed by atoms with Gasteiger partial charge in [0.15, 0.2) is 0 Å². The summed E-state index contributed by atoms with van der Waals surface area (Å²) >= 11 is 5.94. The zero-order valence-corrected chi connectivity index (χ0v) is 11.9. The maximum atomic E-state index is 12.1. The van der Waals surface area contributed by atoms with Crippen LogP contribution in [0.2, 0.25) is 5.02 Å². The molecule has 2 N–H and O–H groups in total. The molecule has 1 aromatic carbocycles. The summed E-state index contributed by atoms with van der Waals surface area (Å²) in [4.78, 5) is 16.0. The summed E-state index contributed by atoms with van der Waals surface area (Å²) in [6.07, 6.45) is 3.45. The van der Waals surface area contributed by atoms with Crippen LogP contribution in [-0.4, -0.2) is 22.6 Å². The molecule has 21 heavy (non-hydrogen) atoms. The van der Waals surface area contributed by atoms with Crippen LogP contribution in [0.25, 0.3) is 0 Å². The fraction of sp³-hybridized carbons (Fsp3) is 0.125. The van der Waals surface area contributed by atoms with Crippen LogP contribution in [0.1, 0.15) is 22.3 Å². The zero-order chi connectivity index (χ0) is 15.1. The lowest BCUT2D eigenvalue weighted by Gasteiger charge is -2.07. The first-order valence-electron chi connectivity index (χ1n) is 6.31. The van der Waals surface area contributed by atoms with Crippen LogP contribution >= 0.6 is 11.6 Å². The number of amides is 1. The molecule has 0 unspecified atom stereocenters.